The number of carboxylic acid groups (broad SMARTS) is 1. The van der Waals surface area contributed by atoms with Gasteiger partial charge in [-0.15, -0.1) is 0 Å². The number of carbonyl (C=O) groups is 1. The molecule has 2 aliphatic carbocycles. The van der Waals surface area contributed by atoms with Crippen molar-refractivity contribution < 1.29 is 9.90 Å². The minimum Gasteiger partial charge on any atom is -0.481 e. The van der Waals surface area contributed by atoms with Crippen molar-refractivity contribution in [3.8, 4) is 0 Å². The van der Waals surface area contributed by atoms with Gasteiger partial charge >= 0.3 is 5.97 Å². The molecule has 0 bridgehead atoms. The molecule has 1 spiro atoms. The van der Waals surface area contributed by atoms with Gasteiger partial charge in [0.05, 0.1) is 5.92 Å². The molecule has 2 aliphatic rings. The van der Waals surface area contributed by atoms with E-state index in [1.807, 2.05) is 6.07 Å². The van der Waals surface area contributed by atoms with Crippen molar-refractivity contribution >= 4 is 5.97 Å². The van der Waals surface area contributed by atoms with Crippen LogP contribution in [-0.4, -0.2) is 11.1 Å². The molecule has 2 nitrogen and oxygen atoms in total. The van der Waals surface area contributed by atoms with Crippen molar-refractivity contribution in [3.05, 3.63) is 35.9 Å². The fourth-order valence-corrected chi connectivity index (χ4v) is 3.60. The van der Waals surface area contributed by atoms with E-state index >= 15 is 0 Å². The van der Waals surface area contributed by atoms with Crippen LogP contribution in [0.15, 0.2) is 30.3 Å². The van der Waals surface area contributed by atoms with Crippen molar-refractivity contribution in [3.63, 3.8) is 0 Å². The third-order valence-electron chi connectivity index (χ3n) is 4.64. The predicted octanol–water partition coefficient (Wildman–Crippen LogP) is 3.44. The summed E-state index contributed by atoms with van der Waals surface area (Å²) in [4.78, 5) is 11.1. The van der Waals surface area contributed by atoms with E-state index in [0.29, 0.717) is 5.92 Å². The van der Waals surface area contributed by atoms with E-state index in [0.717, 1.165) is 19.3 Å². The van der Waals surface area contributed by atoms with Crippen LogP contribution in [-0.2, 0) is 4.79 Å². The van der Waals surface area contributed by atoms with Crippen LogP contribution in [0, 0.1) is 11.3 Å². The summed E-state index contributed by atoms with van der Waals surface area (Å²) in [7, 11) is 0. The Labute approximate surface area is 102 Å². The first-order valence-electron chi connectivity index (χ1n) is 6.49. The highest BCUT2D eigenvalue weighted by molar-refractivity contribution is 5.74. The lowest BCUT2D eigenvalue weighted by Crippen LogP contribution is -2.19. The summed E-state index contributed by atoms with van der Waals surface area (Å²) >= 11 is 0. The van der Waals surface area contributed by atoms with Gasteiger partial charge in [-0.1, -0.05) is 36.8 Å². The first-order valence-corrected chi connectivity index (χ1v) is 6.49. The molecule has 2 saturated carbocycles. The molecule has 3 rings (SSSR count). The molecule has 2 fully saturated rings. The number of carboxylic acids is 1. The van der Waals surface area contributed by atoms with Crippen LogP contribution in [0.2, 0.25) is 0 Å². The highest BCUT2D eigenvalue weighted by Gasteiger charge is 2.59. The van der Waals surface area contributed by atoms with Crippen molar-refractivity contribution in [1.29, 1.82) is 0 Å². The van der Waals surface area contributed by atoms with Gasteiger partial charge in [-0.2, -0.15) is 0 Å². The van der Waals surface area contributed by atoms with Crippen molar-refractivity contribution in [2.24, 2.45) is 11.3 Å². The van der Waals surface area contributed by atoms with Gasteiger partial charge in [-0.25, -0.2) is 0 Å². The Bertz CT molecular complexity index is 426. The summed E-state index contributed by atoms with van der Waals surface area (Å²) in [6, 6.07) is 10.6. The minimum absolute atomic E-state index is 0.0611. The highest BCUT2D eigenvalue weighted by Crippen LogP contribution is 2.63. The molecule has 3 unspecified atom stereocenters. The van der Waals surface area contributed by atoms with Crippen LogP contribution in [0.25, 0.3) is 0 Å². The van der Waals surface area contributed by atoms with E-state index in [1.165, 1.54) is 18.4 Å². The monoisotopic (exact) mass is 230 g/mol. The smallest absolute Gasteiger partial charge is 0.307 e. The Morgan fingerprint density at radius 2 is 2.00 bits per heavy atom. The van der Waals surface area contributed by atoms with Gasteiger partial charge in [-0.05, 0) is 42.6 Å². The van der Waals surface area contributed by atoms with Gasteiger partial charge in [0.25, 0.3) is 0 Å². The third-order valence-corrected chi connectivity index (χ3v) is 4.64. The molecule has 2 heteroatoms. The standard InChI is InChI=1S/C15H18O2/c16-14(17)13-10-15(13)8-4-7-12(9-15)11-5-2-1-3-6-11/h1-3,5-6,12-13H,4,7-10H2,(H,16,17). The summed E-state index contributed by atoms with van der Waals surface area (Å²) in [5, 5.41) is 9.13. The normalized spacial score (nSPS) is 35.8. The van der Waals surface area contributed by atoms with E-state index in [-0.39, 0.29) is 11.3 Å². The molecule has 0 aromatic heterocycles. The van der Waals surface area contributed by atoms with E-state index in [4.69, 9.17) is 5.11 Å². The van der Waals surface area contributed by atoms with E-state index < -0.39 is 5.97 Å². The Morgan fingerprint density at radius 3 is 2.65 bits per heavy atom. The fourth-order valence-electron chi connectivity index (χ4n) is 3.60. The van der Waals surface area contributed by atoms with Crippen LogP contribution in [0.3, 0.4) is 0 Å². The molecule has 90 valence electrons. The largest absolute Gasteiger partial charge is 0.481 e. The molecular formula is C15H18O2. The Hall–Kier alpha value is -1.31. The molecule has 3 atom stereocenters. The van der Waals surface area contributed by atoms with Crippen LogP contribution < -0.4 is 0 Å². The van der Waals surface area contributed by atoms with E-state index in [1.54, 1.807) is 0 Å². The molecular weight excluding hydrogens is 212 g/mol. The zero-order valence-electron chi connectivity index (χ0n) is 9.93. The van der Waals surface area contributed by atoms with Gasteiger partial charge < -0.3 is 5.11 Å². The van der Waals surface area contributed by atoms with E-state index in [2.05, 4.69) is 24.3 Å². The molecule has 0 radical (unpaired) electrons. The van der Waals surface area contributed by atoms with E-state index in [9.17, 15) is 4.79 Å². The van der Waals surface area contributed by atoms with Crippen molar-refractivity contribution in [1.82, 2.24) is 0 Å². The zero-order valence-corrected chi connectivity index (χ0v) is 9.93. The average molecular weight is 230 g/mol. The second kappa shape index (κ2) is 3.86. The quantitative estimate of drug-likeness (QED) is 0.845. The molecule has 1 aromatic carbocycles. The van der Waals surface area contributed by atoms with Gasteiger partial charge in [-0.3, -0.25) is 4.79 Å². The molecule has 1 N–H and O–H groups in total. The molecule has 0 heterocycles. The number of aliphatic carboxylic acids is 1. The maximum atomic E-state index is 11.1. The predicted molar refractivity (Wildman–Crippen MR) is 65.8 cm³/mol. The zero-order chi connectivity index (χ0) is 11.9. The highest BCUT2D eigenvalue weighted by atomic mass is 16.4. The lowest BCUT2D eigenvalue weighted by molar-refractivity contribution is -0.139. The van der Waals surface area contributed by atoms with Crippen LogP contribution in [0.5, 0.6) is 0 Å². The van der Waals surface area contributed by atoms with Crippen molar-refractivity contribution in [2.45, 2.75) is 38.0 Å². The van der Waals surface area contributed by atoms with Crippen molar-refractivity contribution in [2.75, 3.05) is 0 Å². The third kappa shape index (κ3) is 1.86. The van der Waals surface area contributed by atoms with Crippen LogP contribution in [0.1, 0.15) is 43.6 Å². The summed E-state index contributed by atoms with van der Waals surface area (Å²) in [5.41, 5.74) is 1.53. The number of hydrogen-bond acceptors (Lipinski definition) is 1. The van der Waals surface area contributed by atoms with Gasteiger partial charge in [0.15, 0.2) is 0 Å². The SMILES string of the molecule is O=C(O)C1CC12CCCC(c1ccccc1)C2. The summed E-state index contributed by atoms with van der Waals surface area (Å²) in [5.74, 6) is -0.0676. The Kier molecular flexibility index (Phi) is 2.46. The molecule has 17 heavy (non-hydrogen) atoms. The Morgan fingerprint density at radius 1 is 1.24 bits per heavy atom. The average Bonchev–Trinajstić information content (AvgIpc) is 3.04. The number of hydrogen-bond donors (Lipinski definition) is 1. The first kappa shape index (κ1) is 10.8. The number of rotatable bonds is 2. The van der Waals surface area contributed by atoms with Gasteiger partial charge in [0.1, 0.15) is 0 Å². The van der Waals surface area contributed by atoms with Gasteiger partial charge in [0.2, 0.25) is 0 Å². The van der Waals surface area contributed by atoms with Crippen LogP contribution >= 0.6 is 0 Å². The van der Waals surface area contributed by atoms with Crippen LogP contribution in [0.4, 0.5) is 0 Å². The molecule has 0 saturated heterocycles. The maximum absolute atomic E-state index is 11.1. The minimum atomic E-state index is -0.585. The molecule has 0 amide bonds. The second-order valence-corrected chi connectivity index (χ2v) is 5.66. The first-order chi connectivity index (χ1) is 8.21. The fraction of sp³-hybridized carbons (Fsp3) is 0.533. The summed E-state index contributed by atoms with van der Waals surface area (Å²) in [6.45, 7) is 0. The lowest BCUT2D eigenvalue weighted by Gasteiger charge is -2.30. The Balaban J connectivity index is 1.76. The maximum Gasteiger partial charge on any atom is 0.307 e. The molecule has 0 aliphatic heterocycles. The number of benzene rings is 1. The molecule has 1 aromatic rings. The summed E-state index contributed by atoms with van der Waals surface area (Å²) in [6.07, 6.45) is 5.51. The van der Waals surface area contributed by atoms with Gasteiger partial charge in [0, 0.05) is 0 Å². The lowest BCUT2D eigenvalue weighted by atomic mass is 9.75. The second-order valence-electron chi connectivity index (χ2n) is 5.66. The topological polar surface area (TPSA) is 37.3 Å². The summed E-state index contributed by atoms with van der Waals surface area (Å²) < 4.78 is 0.